The van der Waals surface area contributed by atoms with Gasteiger partial charge in [0.2, 0.25) is 0 Å². The van der Waals surface area contributed by atoms with Crippen LogP contribution in [-0.2, 0) is 15.7 Å². The molecule has 3 nitrogen and oxygen atoms in total. The highest BCUT2D eigenvalue weighted by molar-refractivity contribution is 8.13. The molecule has 0 aliphatic rings. The minimum Gasteiger partial charge on any atom is -0.487 e. The molecule has 7 heteroatoms. The molecule has 0 bridgehead atoms. The highest BCUT2D eigenvalue weighted by atomic mass is 35.7. The van der Waals surface area contributed by atoms with Gasteiger partial charge >= 0.3 is 0 Å². The number of hydrogen-bond donors (Lipinski definition) is 0. The highest BCUT2D eigenvalue weighted by Gasteiger charge is 2.17. The van der Waals surface area contributed by atoms with E-state index < -0.39 is 20.7 Å². The highest BCUT2D eigenvalue weighted by Crippen LogP contribution is 2.28. The molecule has 0 saturated carbocycles. The molecule has 0 amide bonds. The van der Waals surface area contributed by atoms with E-state index in [2.05, 4.69) is 0 Å². The van der Waals surface area contributed by atoms with Gasteiger partial charge in [0, 0.05) is 16.2 Å². The third-order valence-electron chi connectivity index (χ3n) is 2.75. The molecule has 0 saturated heterocycles. The molecule has 0 radical (unpaired) electrons. The Kier molecular flexibility index (Phi) is 4.49. The summed E-state index contributed by atoms with van der Waals surface area (Å²) in [4.78, 5) is -0.207. The Morgan fingerprint density at radius 3 is 2.52 bits per heavy atom. The Hall–Kier alpha value is -1.66. The number of halogens is 3. The van der Waals surface area contributed by atoms with Crippen molar-refractivity contribution >= 4 is 19.7 Å². The first-order valence-corrected chi connectivity index (χ1v) is 8.20. The van der Waals surface area contributed by atoms with Gasteiger partial charge in [-0.05, 0) is 42.8 Å². The standard InChI is InChI=1S/C14H11ClF2O3S/c1-9-2-5-13(14(6-9)21(15,18)19)20-8-10-7-11(16)3-4-12(10)17/h2-7H,8H2,1H3. The van der Waals surface area contributed by atoms with Crippen LogP contribution >= 0.6 is 10.7 Å². The maximum atomic E-state index is 13.5. The minimum atomic E-state index is -4.00. The fourth-order valence-corrected chi connectivity index (χ4v) is 2.79. The fourth-order valence-electron chi connectivity index (χ4n) is 1.73. The second-order valence-electron chi connectivity index (χ2n) is 4.41. The first kappa shape index (κ1) is 15.7. The van der Waals surface area contributed by atoms with Crippen molar-refractivity contribution in [1.29, 1.82) is 0 Å². The molecule has 0 aliphatic heterocycles. The van der Waals surface area contributed by atoms with Crippen LogP contribution < -0.4 is 4.74 Å². The van der Waals surface area contributed by atoms with Crippen molar-refractivity contribution in [3.63, 3.8) is 0 Å². The smallest absolute Gasteiger partial charge is 0.264 e. The van der Waals surface area contributed by atoms with Gasteiger partial charge in [-0.15, -0.1) is 0 Å². The van der Waals surface area contributed by atoms with Crippen LogP contribution in [0.15, 0.2) is 41.3 Å². The molecule has 2 aromatic rings. The SMILES string of the molecule is Cc1ccc(OCc2cc(F)ccc2F)c(S(=O)(=O)Cl)c1. The number of benzene rings is 2. The summed E-state index contributed by atoms with van der Waals surface area (Å²) < 4.78 is 54.8. The minimum absolute atomic E-state index is 0.0146. The topological polar surface area (TPSA) is 43.4 Å². The number of ether oxygens (including phenoxy) is 1. The molecule has 0 atom stereocenters. The third kappa shape index (κ3) is 3.92. The summed E-state index contributed by atoms with van der Waals surface area (Å²) >= 11 is 0. The van der Waals surface area contributed by atoms with Crippen LogP contribution in [0.4, 0.5) is 8.78 Å². The van der Waals surface area contributed by atoms with Crippen LogP contribution in [0.1, 0.15) is 11.1 Å². The summed E-state index contributed by atoms with van der Waals surface area (Å²) in [6.07, 6.45) is 0. The lowest BCUT2D eigenvalue weighted by molar-refractivity contribution is 0.291. The van der Waals surface area contributed by atoms with E-state index in [9.17, 15) is 17.2 Å². The first-order chi connectivity index (χ1) is 9.77. The summed E-state index contributed by atoms with van der Waals surface area (Å²) in [5.74, 6) is -1.26. The largest absolute Gasteiger partial charge is 0.487 e. The van der Waals surface area contributed by atoms with Gasteiger partial charge in [-0.2, -0.15) is 0 Å². The van der Waals surface area contributed by atoms with E-state index in [0.29, 0.717) is 5.56 Å². The zero-order chi connectivity index (χ0) is 15.6. The van der Waals surface area contributed by atoms with Crippen LogP contribution in [-0.4, -0.2) is 8.42 Å². The van der Waals surface area contributed by atoms with Crippen LogP contribution in [0.5, 0.6) is 5.75 Å². The van der Waals surface area contributed by atoms with E-state index in [0.717, 1.165) is 18.2 Å². The summed E-state index contributed by atoms with van der Waals surface area (Å²) in [5.41, 5.74) is 0.659. The molecular formula is C14H11ClF2O3S. The normalized spacial score (nSPS) is 11.4. The maximum Gasteiger partial charge on any atom is 0.264 e. The zero-order valence-electron chi connectivity index (χ0n) is 10.9. The van der Waals surface area contributed by atoms with Gasteiger partial charge in [0.1, 0.15) is 28.9 Å². The van der Waals surface area contributed by atoms with E-state index in [1.54, 1.807) is 13.0 Å². The summed E-state index contributed by atoms with van der Waals surface area (Å²) in [6.45, 7) is 1.38. The number of aryl methyl sites for hydroxylation is 1. The molecule has 0 unspecified atom stereocenters. The number of hydrogen-bond acceptors (Lipinski definition) is 3. The van der Waals surface area contributed by atoms with Crippen LogP contribution in [0.3, 0.4) is 0 Å². The molecule has 112 valence electrons. The van der Waals surface area contributed by atoms with E-state index in [1.165, 1.54) is 12.1 Å². The Morgan fingerprint density at radius 2 is 1.86 bits per heavy atom. The predicted octanol–water partition coefficient (Wildman–Crippen LogP) is 3.78. The van der Waals surface area contributed by atoms with Crippen molar-refractivity contribution in [3.05, 3.63) is 59.2 Å². The molecule has 0 spiro atoms. The van der Waals surface area contributed by atoms with E-state index in [4.69, 9.17) is 15.4 Å². The van der Waals surface area contributed by atoms with Crippen LogP contribution in [0.25, 0.3) is 0 Å². The van der Waals surface area contributed by atoms with Crippen molar-refractivity contribution in [2.75, 3.05) is 0 Å². The van der Waals surface area contributed by atoms with Crippen molar-refractivity contribution in [2.45, 2.75) is 18.4 Å². The molecule has 0 aliphatic carbocycles. The molecular weight excluding hydrogens is 322 g/mol. The summed E-state index contributed by atoms with van der Waals surface area (Å²) in [6, 6.07) is 7.34. The van der Waals surface area contributed by atoms with Gasteiger partial charge in [0.25, 0.3) is 9.05 Å². The first-order valence-electron chi connectivity index (χ1n) is 5.89. The lowest BCUT2D eigenvalue weighted by atomic mass is 10.2. The van der Waals surface area contributed by atoms with Crippen LogP contribution in [0.2, 0.25) is 0 Å². The Labute approximate surface area is 125 Å². The molecule has 21 heavy (non-hydrogen) atoms. The van der Waals surface area contributed by atoms with Gasteiger partial charge in [0.15, 0.2) is 0 Å². The maximum absolute atomic E-state index is 13.5. The molecule has 0 N–H and O–H groups in total. The third-order valence-corrected chi connectivity index (χ3v) is 4.10. The average Bonchev–Trinajstić information content (AvgIpc) is 2.40. The second kappa shape index (κ2) is 5.99. The van der Waals surface area contributed by atoms with Crippen molar-refractivity contribution in [2.24, 2.45) is 0 Å². The van der Waals surface area contributed by atoms with Gasteiger partial charge in [-0.3, -0.25) is 0 Å². The van der Waals surface area contributed by atoms with Crippen molar-refractivity contribution in [3.8, 4) is 5.75 Å². The van der Waals surface area contributed by atoms with E-state index in [1.807, 2.05) is 0 Å². The Bertz CT molecular complexity index is 776. The summed E-state index contributed by atoms with van der Waals surface area (Å²) in [7, 11) is 1.33. The van der Waals surface area contributed by atoms with Gasteiger partial charge in [0.05, 0.1) is 0 Å². The van der Waals surface area contributed by atoms with Gasteiger partial charge < -0.3 is 4.74 Å². The second-order valence-corrected chi connectivity index (χ2v) is 6.95. The van der Waals surface area contributed by atoms with Crippen molar-refractivity contribution in [1.82, 2.24) is 0 Å². The molecule has 2 rings (SSSR count). The fraction of sp³-hybridized carbons (Fsp3) is 0.143. The zero-order valence-corrected chi connectivity index (χ0v) is 12.5. The van der Waals surface area contributed by atoms with Gasteiger partial charge in [-0.25, -0.2) is 17.2 Å². The average molecular weight is 333 g/mol. The monoisotopic (exact) mass is 332 g/mol. The van der Waals surface area contributed by atoms with E-state index >= 15 is 0 Å². The van der Waals surface area contributed by atoms with Gasteiger partial charge in [-0.1, -0.05) is 6.07 Å². The molecule has 0 fully saturated rings. The lowest BCUT2D eigenvalue weighted by Crippen LogP contribution is -2.03. The van der Waals surface area contributed by atoms with Crippen LogP contribution in [0, 0.1) is 18.6 Å². The van der Waals surface area contributed by atoms with E-state index in [-0.39, 0.29) is 22.8 Å². The molecule has 0 heterocycles. The number of rotatable bonds is 4. The summed E-state index contributed by atoms with van der Waals surface area (Å²) in [5, 5.41) is 0. The van der Waals surface area contributed by atoms with Crippen molar-refractivity contribution < 1.29 is 21.9 Å². The molecule has 2 aromatic carbocycles. The Balaban J connectivity index is 2.30. The lowest BCUT2D eigenvalue weighted by Gasteiger charge is -2.11. The predicted molar refractivity (Wildman–Crippen MR) is 74.9 cm³/mol. The Morgan fingerprint density at radius 1 is 1.14 bits per heavy atom. The quantitative estimate of drug-likeness (QED) is 0.800. The molecule has 0 aromatic heterocycles.